The fourth-order valence-electron chi connectivity index (χ4n) is 6.55. The molecule has 7 atom stereocenters. The van der Waals surface area contributed by atoms with Crippen molar-refractivity contribution in [2.75, 3.05) is 13.2 Å². The molecule has 7 N–H and O–H groups in total. The van der Waals surface area contributed by atoms with Crippen LogP contribution in [-0.2, 0) is 4.74 Å². The number of aliphatic hydroxyl groups excluding tert-OH is 5. The molecule has 280 valence electrons. The lowest BCUT2D eigenvalue weighted by molar-refractivity contribution is -0.157. The number of hydrogen-bond acceptors (Lipinski definition) is 7. The highest BCUT2D eigenvalue weighted by molar-refractivity contribution is 7.80. The van der Waals surface area contributed by atoms with E-state index >= 15 is 0 Å². The highest BCUT2D eigenvalue weighted by atomic mass is 32.1. The fraction of sp³-hybridized carbons (Fsp3) is 0.974. The molecule has 0 aliphatic heterocycles. The van der Waals surface area contributed by atoms with E-state index < -0.39 is 42.7 Å². The quantitative estimate of drug-likeness (QED) is 0.0298. The molecule has 1 aliphatic rings. The molecular weight excluding hydrogens is 612 g/mol. The van der Waals surface area contributed by atoms with Gasteiger partial charge in [-0.15, -0.1) is 0 Å². The van der Waals surface area contributed by atoms with Crippen LogP contribution in [0.5, 0.6) is 0 Å². The smallest absolute Gasteiger partial charge is 0.166 e. The Hall–Kier alpha value is -0.550. The van der Waals surface area contributed by atoms with E-state index in [1.165, 1.54) is 128 Å². The first-order valence-electron chi connectivity index (χ1n) is 19.9. The Kier molecular flexibility index (Phi) is 28.7. The summed E-state index contributed by atoms with van der Waals surface area (Å²) in [5.41, 5.74) is 0. The number of aliphatic hydroxyl groups is 5. The van der Waals surface area contributed by atoms with Crippen molar-refractivity contribution in [3.63, 3.8) is 0 Å². The summed E-state index contributed by atoms with van der Waals surface area (Å²) in [5, 5.41) is 57.6. The van der Waals surface area contributed by atoms with Gasteiger partial charge >= 0.3 is 0 Å². The first-order chi connectivity index (χ1) is 22.8. The van der Waals surface area contributed by atoms with Crippen LogP contribution in [0.15, 0.2) is 0 Å². The average molecular weight is 689 g/mol. The summed E-state index contributed by atoms with van der Waals surface area (Å²) in [7, 11) is 0. The zero-order chi connectivity index (χ0) is 34.5. The molecule has 0 spiro atoms. The van der Waals surface area contributed by atoms with Crippen LogP contribution < -0.4 is 10.6 Å². The van der Waals surface area contributed by atoms with Crippen molar-refractivity contribution < 1.29 is 30.3 Å². The van der Waals surface area contributed by atoms with Gasteiger partial charge in [0, 0.05) is 13.0 Å². The zero-order valence-electron chi connectivity index (χ0n) is 30.4. The van der Waals surface area contributed by atoms with Gasteiger partial charge < -0.3 is 40.9 Å². The highest BCUT2D eigenvalue weighted by Crippen LogP contribution is 2.23. The van der Waals surface area contributed by atoms with Crippen LogP contribution in [0.1, 0.15) is 181 Å². The molecule has 0 aromatic heterocycles. The van der Waals surface area contributed by atoms with Gasteiger partial charge in [0.05, 0.1) is 37.1 Å². The summed E-state index contributed by atoms with van der Waals surface area (Å²) in [5.74, 6) is 0. The third kappa shape index (κ3) is 23.5. The van der Waals surface area contributed by atoms with Crippen molar-refractivity contribution in [3.05, 3.63) is 0 Å². The molecule has 0 radical (unpaired) electrons. The predicted octanol–water partition coefficient (Wildman–Crippen LogP) is 7.20. The first-order valence-corrected chi connectivity index (χ1v) is 20.3. The van der Waals surface area contributed by atoms with Gasteiger partial charge in [0.2, 0.25) is 0 Å². The van der Waals surface area contributed by atoms with Crippen molar-refractivity contribution in [1.82, 2.24) is 10.6 Å². The highest BCUT2D eigenvalue weighted by Gasteiger charge is 2.37. The average Bonchev–Trinajstić information content (AvgIpc) is 3.06. The molecule has 0 amide bonds. The van der Waals surface area contributed by atoms with Gasteiger partial charge in [0.15, 0.2) is 5.11 Å². The molecule has 1 rings (SSSR count). The molecule has 9 heteroatoms. The number of thiocarbonyl (C=S) groups is 1. The Labute approximate surface area is 294 Å². The summed E-state index contributed by atoms with van der Waals surface area (Å²) in [6.07, 6.45) is 25.9. The van der Waals surface area contributed by atoms with Crippen molar-refractivity contribution >= 4 is 17.3 Å². The van der Waals surface area contributed by atoms with Crippen molar-refractivity contribution in [2.45, 2.75) is 223 Å². The van der Waals surface area contributed by atoms with E-state index in [9.17, 15) is 25.5 Å². The molecule has 8 nitrogen and oxygen atoms in total. The van der Waals surface area contributed by atoms with Gasteiger partial charge in [-0.05, 0) is 37.9 Å². The maximum Gasteiger partial charge on any atom is 0.166 e. The molecule has 0 heterocycles. The van der Waals surface area contributed by atoms with E-state index in [2.05, 4.69) is 17.6 Å². The van der Waals surface area contributed by atoms with Gasteiger partial charge in [-0.3, -0.25) is 0 Å². The fourth-order valence-corrected chi connectivity index (χ4v) is 6.80. The predicted molar refractivity (Wildman–Crippen MR) is 199 cm³/mol. The van der Waals surface area contributed by atoms with E-state index in [-0.39, 0.29) is 13.0 Å². The van der Waals surface area contributed by atoms with E-state index in [4.69, 9.17) is 17.0 Å². The Balaban J connectivity index is 2.02. The lowest BCUT2D eigenvalue weighted by Gasteiger charge is -2.36. The van der Waals surface area contributed by atoms with Crippen LogP contribution in [-0.4, -0.2) is 86.5 Å². The Morgan fingerprint density at radius 2 is 1.11 bits per heavy atom. The molecule has 0 saturated heterocycles. The van der Waals surface area contributed by atoms with E-state index in [1.54, 1.807) is 0 Å². The molecule has 1 aliphatic carbocycles. The lowest BCUT2D eigenvalue weighted by atomic mass is 9.89. The molecule has 0 aromatic rings. The molecule has 0 aromatic carbocycles. The number of nitrogens with one attached hydrogen (secondary N) is 2. The maximum atomic E-state index is 10.8. The lowest BCUT2D eigenvalue weighted by Crippen LogP contribution is -2.54. The number of hydrogen-bond donors (Lipinski definition) is 7. The number of unbranched alkanes of at least 4 members (excludes halogenated alkanes) is 21. The topological polar surface area (TPSA) is 134 Å². The van der Waals surface area contributed by atoms with E-state index in [0.29, 0.717) is 24.4 Å². The van der Waals surface area contributed by atoms with Crippen LogP contribution in [0.2, 0.25) is 0 Å². The Bertz CT molecular complexity index is 720. The van der Waals surface area contributed by atoms with Gasteiger partial charge in [0.25, 0.3) is 0 Å². The van der Waals surface area contributed by atoms with Crippen LogP contribution in [0.4, 0.5) is 0 Å². The van der Waals surface area contributed by atoms with E-state index in [0.717, 1.165) is 19.4 Å². The Morgan fingerprint density at radius 3 is 1.55 bits per heavy atom. The van der Waals surface area contributed by atoms with Gasteiger partial charge in [-0.25, -0.2) is 0 Å². The minimum Gasteiger partial charge on any atom is -0.393 e. The van der Waals surface area contributed by atoms with Crippen LogP contribution >= 0.6 is 12.2 Å². The molecule has 47 heavy (non-hydrogen) atoms. The standard InChI is InChI=1S/C38H76N2O6S/c1-3-5-6-7-8-9-10-11-12-13-14-15-16-17-18-19-20-21-22-23-24-25-28-39-38(47)40-32(34(43)29-31(41)4-2)30-46-35-27-26-33(42)36(44)37(35)45/h31-37,41-45H,3-30H2,1-2H3,(H2,39,40,47). The normalized spacial score (nSPS) is 21.8. The van der Waals surface area contributed by atoms with Crippen LogP contribution in [0.3, 0.4) is 0 Å². The second kappa shape index (κ2) is 30.3. The van der Waals surface area contributed by atoms with Crippen LogP contribution in [0.25, 0.3) is 0 Å². The summed E-state index contributed by atoms with van der Waals surface area (Å²) in [6.45, 7) is 4.93. The van der Waals surface area contributed by atoms with Crippen molar-refractivity contribution in [2.24, 2.45) is 0 Å². The monoisotopic (exact) mass is 689 g/mol. The molecule has 1 fully saturated rings. The minimum absolute atomic E-state index is 0.0450. The van der Waals surface area contributed by atoms with E-state index in [1.807, 2.05) is 6.92 Å². The SMILES string of the molecule is CCCCCCCCCCCCCCCCCCCCCCCCNC(=S)NC(COC1CCC(O)C(O)C1O)C(O)CC(O)CC. The second-order valence-electron chi connectivity index (χ2n) is 14.3. The maximum absolute atomic E-state index is 10.8. The largest absolute Gasteiger partial charge is 0.393 e. The van der Waals surface area contributed by atoms with Gasteiger partial charge in [-0.1, -0.05) is 149 Å². The van der Waals surface area contributed by atoms with Gasteiger partial charge in [-0.2, -0.15) is 0 Å². The summed E-state index contributed by atoms with van der Waals surface area (Å²) >= 11 is 5.48. The summed E-state index contributed by atoms with van der Waals surface area (Å²) in [4.78, 5) is 0. The van der Waals surface area contributed by atoms with Crippen molar-refractivity contribution in [1.29, 1.82) is 0 Å². The van der Waals surface area contributed by atoms with Crippen LogP contribution in [0, 0.1) is 0 Å². The molecule has 0 bridgehead atoms. The summed E-state index contributed by atoms with van der Waals surface area (Å²) in [6, 6.07) is -0.586. The summed E-state index contributed by atoms with van der Waals surface area (Å²) < 4.78 is 5.86. The Morgan fingerprint density at radius 1 is 0.660 bits per heavy atom. The zero-order valence-corrected chi connectivity index (χ0v) is 31.2. The minimum atomic E-state index is -1.26. The second-order valence-corrected chi connectivity index (χ2v) is 14.7. The third-order valence-corrected chi connectivity index (χ3v) is 10.2. The number of rotatable bonds is 31. The molecule has 1 saturated carbocycles. The van der Waals surface area contributed by atoms with Crippen molar-refractivity contribution in [3.8, 4) is 0 Å². The third-order valence-electron chi connectivity index (χ3n) is 9.94. The molecule has 7 unspecified atom stereocenters. The number of ether oxygens (including phenoxy) is 1. The molecular formula is C38H76N2O6S. The van der Waals surface area contributed by atoms with Gasteiger partial charge in [0.1, 0.15) is 12.2 Å². The first kappa shape index (κ1) is 44.5.